The second-order valence-corrected chi connectivity index (χ2v) is 7.20. The van der Waals surface area contributed by atoms with Gasteiger partial charge in [0, 0.05) is 22.8 Å². The van der Waals surface area contributed by atoms with E-state index in [1.54, 1.807) is 13.8 Å². The summed E-state index contributed by atoms with van der Waals surface area (Å²) >= 11 is 5.96. The Morgan fingerprint density at radius 1 is 1.13 bits per heavy atom. The van der Waals surface area contributed by atoms with E-state index in [1.807, 2.05) is 0 Å². The van der Waals surface area contributed by atoms with Crippen LogP contribution in [0, 0.1) is 19.7 Å². The van der Waals surface area contributed by atoms with Crippen LogP contribution < -0.4 is 5.32 Å². The van der Waals surface area contributed by atoms with Crippen LogP contribution in [-0.2, 0) is 23.9 Å². The van der Waals surface area contributed by atoms with Crippen LogP contribution in [0.3, 0.4) is 0 Å². The number of hydrogen-bond donors (Lipinski definition) is 1. The first-order valence-electron chi connectivity index (χ1n) is 8.99. The van der Waals surface area contributed by atoms with Crippen molar-refractivity contribution in [1.29, 1.82) is 0 Å². The second kappa shape index (κ2) is 8.47. The van der Waals surface area contributed by atoms with Crippen molar-refractivity contribution in [1.82, 2.24) is 15.1 Å². The average Bonchev–Trinajstić information content (AvgIpc) is 2.95. The van der Waals surface area contributed by atoms with Crippen molar-refractivity contribution in [3.8, 4) is 5.69 Å². The molecule has 1 aromatic heterocycles. The van der Waals surface area contributed by atoms with Crippen LogP contribution in [0.25, 0.3) is 5.69 Å². The molecule has 0 atom stereocenters. The third-order valence-electron chi connectivity index (χ3n) is 4.71. The number of benzene rings is 2. The van der Waals surface area contributed by atoms with Gasteiger partial charge in [-0.2, -0.15) is 18.3 Å². The van der Waals surface area contributed by atoms with Crippen molar-refractivity contribution < 1.29 is 22.4 Å². The van der Waals surface area contributed by atoms with Gasteiger partial charge in [0.25, 0.3) is 0 Å². The summed E-state index contributed by atoms with van der Waals surface area (Å²) in [4.78, 5) is 12.4. The Balaban J connectivity index is 1.73. The van der Waals surface area contributed by atoms with Crippen molar-refractivity contribution in [3.63, 3.8) is 0 Å². The molecule has 0 fully saturated rings. The number of hydrogen-bond acceptors (Lipinski definition) is 2. The molecule has 0 radical (unpaired) electrons. The summed E-state index contributed by atoms with van der Waals surface area (Å²) in [7, 11) is 0. The van der Waals surface area contributed by atoms with Gasteiger partial charge in [-0.3, -0.25) is 4.79 Å². The zero-order chi connectivity index (χ0) is 22.1. The quantitative estimate of drug-likeness (QED) is 0.558. The van der Waals surface area contributed by atoms with E-state index in [-0.39, 0.29) is 23.9 Å². The molecule has 158 valence electrons. The summed E-state index contributed by atoms with van der Waals surface area (Å²) in [5, 5.41) is 7.31. The van der Waals surface area contributed by atoms with Gasteiger partial charge >= 0.3 is 6.18 Å². The minimum Gasteiger partial charge on any atom is -0.352 e. The number of nitrogens with zero attached hydrogens (tertiary/aromatic N) is 2. The molecule has 0 saturated heterocycles. The lowest BCUT2D eigenvalue weighted by molar-refractivity contribution is -0.137. The third-order valence-corrected chi connectivity index (χ3v) is 5.06. The zero-order valence-electron chi connectivity index (χ0n) is 16.1. The first kappa shape index (κ1) is 21.8. The van der Waals surface area contributed by atoms with Crippen molar-refractivity contribution >= 4 is 17.5 Å². The molecule has 0 bridgehead atoms. The highest BCUT2D eigenvalue weighted by molar-refractivity contribution is 6.31. The maximum absolute atomic E-state index is 13.1. The summed E-state index contributed by atoms with van der Waals surface area (Å²) < 4.78 is 52.9. The predicted molar refractivity (Wildman–Crippen MR) is 105 cm³/mol. The zero-order valence-corrected chi connectivity index (χ0v) is 16.9. The van der Waals surface area contributed by atoms with Crippen molar-refractivity contribution in [2.75, 3.05) is 0 Å². The van der Waals surface area contributed by atoms with Crippen LogP contribution in [-0.4, -0.2) is 15.7 Å². The van der Waals surface area contributed by atoms with Crippen LogP contribution in [0.1, 0.15) is 28.1 Å². The number of rotatable bonds is 5. The average molecular weight is 440 g/mol. The van der Waals surface area contributed by atoms with E-state index in [4.69, 9.17) is 11.6 Å². The van der Waals surface area contributed by atoms with Gasteiger partial charge in [0.2, 0.25) is 5.91 Å². The molecule has 1 heterocycles. The first-order chi connectivity index (χ1) is 14.1. The molecule has 4 nitrogen and oxygen atoms in total. The van der Waals surface area contributed by atoms with Gasteiger partial charge in [0.1, 0.15) is 5.82 Å². The molecule has 30 heavy (non-hydrogen) atoms. The Labute approximate surface area is 175 Å². The largest absolute Gasteiger partial charge is 0.416 e. The van der Waals surface area contributed by atoms with Gasteiger partial charge in [-0.25, -0.2) is 9.07 Å². The van der Waals surface area contributed by atoms with E-state index < -0.39 is 17.6 Å². The summed E-state index contributed by atoms with van der Waals surface area (Å²) in [6, 6.07) is 8.58. The van der Waals surface area contributed by atoms with E-state index in [0.29, 0.717) is 28.2 Å². The normalized spacial score (nSPS) is 11.6. The van der Waals surface area contributed by atoms with E-state index in [1.165, 1.54) is 35.0 Å². The number of alkyl halides is 3. The maximum Gasteiger partial charge on any atom is 0.416 e. The van der Waals surface area contributed by atoms with Crippen LogP contribution in [0.4, 0.5) is 17.6 Å². The van der Waals surface area contributed by atoms with Crippen molar-refractivity contribution in [2.45, 2.75) is 33.0 Å². The Bertz CT molecular complexity index is 1080. The molecule has 2 aromatic carbocycles. The van der Waals surface area contributed by atoms with Crippen molar-refractivity contribution in [2.24, 2.45) is 0 Å². The highest BCUT2D eigenvalue weighted by Crippen LogP contribution is 2.30. The lowest BCUT2D eigenvalue weighted by atomic mass is 10.1. The number of aryl methyl sites for hydroxylation is 1. The Hall–Kier alpha value is -2.87. The fourth-order valence-corrected chi connectivity index (χ4v) is 3.29. The number of carbonyl (C=O) groups is 1. The molecule has 1 N–H and O–H groups in total. The Morgan fingerprint density at radius 2 is 1.80 bits per heavy atom. The highest BCUT2D eigenvalue weighted by Gasteiger charge is 2.30. The number of amides is 1. The van der Waals surface area contributed by atoms with E-state index in [9.17, 15) is 22.4 Å². The van der Waals surface area contributed by atoms with Gasteiger partial charge in [0.15, 0.2) is 0 Å². The molecule has 3 rings (SSSR count). The van der Waals surface area contributed by atoms with Crippen LogP contribution >= 0.6 is 11.6 Å². The summed E-state index contributed by atoms with van der Waals surface area (Å²) in [6.45, 7) is 3.62. The molecular formula is C21H18ClF4N3O. The van der Waals surface area contributed by atoms with Crippen LogP contribution in [0.5, 0.6) is 0 Å². The van der Waals surface area contributed by atoms with E-state index in [2.05, 4.69) is 10.4 Å². The molecular weight excluding hydrogens is 422 g/mol. The molecule has 0 aliphatic carbocycles. The number of halogens is 5. The molecule has 3 aromatic rings. The number of aromatic nitrogens is 2. The van der Waals surface area contributed by atoms with Gasteiger partial charge in [-0.05, 0) is 55.8 Å². The smallest absolute Gasteiger partial charge is 0.352 e. The molecule has 0 aliphatic heterocycles. The van der Waals surface area contributed by atoms with E-state index in [0.717, 1.165) is 12.1 Å². The Morgan fingerprint density at radius 3 is 2.40 bits per heavy atom. The predicted octanol–water partition coefficient (Wildman–Crippen LogP) is 5.16. The fraction of sp³-hybridized carbons (Fsp3) is 0.238. The monoisotopic (exact) mass is 439 g/mol. The Kier molecular flexibility index (Phi) is 6.17. The SMILES string of the molecule is Cc1nn(-c2ccc(C(F)(F)F)cc2)c(C)c1CC(=O)NCc1ccc(F)cc1Cl. The van der Waals surface area contributed by atoms with Gasteiger partial charge in [-0.15, -0.1) is 0 Å². The summed E-state index contributed by atoms with van der Waals surface area (Å²) in [5.74, 6) is -0.745. The minimum absolute atomic E-state index is 0.0388. The molecule has 0 unspecified atom stereocenters. The highest BCUT2D eigenvalue weighted by atomic mass is 35.5. The van der Waals surface area contributed by atoms with Crippen LogP contribution in [0.2, 0.25) is 5.02 Å². The van der Waals surface area contributed by atoms with Crippen LogP contribution in [0.15, 0.2) is 42.5 Å². The summed E-state index contributed by atoms with van der Waals surface area (Å²) in [5.41, 5.74) is 2.24. The number of nitrogens with one attached hydrogen (secondary N) is 1. The molecule has 0 spiro atoms. The fourth-order valence-electron chi connectivity index (χ4n) is 3.06. The maximum atomic E-state index is 13.1. The standard InChI is InChI=1S/C21H18ClF4N3O/c1-12-18(10-20(30)27-11-14-3-6-16(23)9-19(14)22)13(2)29(28-12)17-7-4-15(5-8-17)21(24,25)26/h3-9H,10-11H2,1-2H3,(H,27,30). The topological polar surface area (TPSA) is 46.9 Å². The lowest BCUT2D eigenvalue weighted by Gasteiger charge is -2.10. The lowest BCUT2D eigenvalue weighted by Crippen LogP contribution is -2.25. The third kappa shape index (κ3) is 4.81. The molecule has 1 amide bonds. The summed E-state index contributed by atoms with van der Waals surface area (Å²) in [6.07, 6.45) is -4.37. The molecule has 0 saturated carbocycles. The van der Waals surface area contributed by atoms with Gasteiger partial charge in [-0.1, -0.05) is 17.7 Å². The second-order valence-electron chi connectivity index (χ2n) is 6.80. The van der Waals surface area contributed by atoms with E-state index >= 15 is 0 Å². The van der Waals surface area contributed by atoms with Gasteiger partial charge < -0.3 is 5.32 Å². The van der Waals surface area contributed by atoms with Crippen molar-refractivity contribution in [3.05, 3.63) is 81.4 Å². The first-order valence-corrected chi connectivity index (χ1v) is 9.37. The minimum atomic E-state index is -4.41. The molecule has 9 heteroatoms. The number of carbonyl (C=O) groups excluding carboxylic acids is 1. The molecule has 0 aliphatic rings. The van der Waals surface area contributed by atoms with Gasteiger partial charge in [0.05, 0.1) is 23.4 Å².